The number of allylic oxidation sites excluding steroid dienone is 2. The molecule has 1 nitrogen and oxygen atoms in total. The fourth-order valence-electron chi connectivity index (χ4n) is 2.09. The molecule has 0 aromatic heterocycles. The van der Waals surface area contributed by atoms with Crippen molar-refractivity contribution in [3.05, 3.63) is 47.5 Å². The van der Waals surface area contributed by atoms with Crippen molar-refractivity contribution in [1.82, 2.24) is 0 Å². The van der Waals surface area contributed by atoms with E-state index in [2.05, 4.69) is 58.0 Å². The average molecular weight is 274 g/mol. The Bertz CT molecular complexity index is 389. The van der Waals surface area contributed by atoms with Gasteiger partial charge in [-0.1, -0.05) is 69.2 Å². The van der Waals surface area contributed by atoms with Crippen LogP contribution in [0.5, 0.6) is 0 Å². The summed E-state index contributed by atoms with van der Waals surface area (Å²) in [6, 6.07) is 10.4. The third-order valence-corrected chi connectivity index (χ3v) is 3.53. The van der Waals surface area contributed by atoms with Crippen molar-refractivity contribution in [1.29, 1.82) is 0 Å². The van der Waals surface area contributed by atoms with E-state index in [-0.39, 0.29) is 5.41 Å². The zero-order valence-electron chi connectivity index (χ0n) is 13.6. The first-order valence-corrected chi connectivity index (χ1v) is 7.81. The van der Waals surface area contributed by atoms with E-state index >= 15 is 0 Å². The van der Waals surface area contributed by atoms with E-state index in [0.29, 0.717) is 6.61 Å². The number of benzene rings is 1. The maximum absolute atomic E-state index is 5.87. The minimum Gasteiger partial charge on any atom is -0.376 e. The average Bonchev–Trinajstić information content (AvgIpc) is 2.44. The second-order valence-corrected chi connectivity index (χ2v) is 6.50. The monoisotopic (exact) mass is 274 g/mol. The van der Waals surface area contributed by atoms with Gasteiger partial charge in [0, 0.05) is 0 Å². The number of hydrogen-bond acceptors (Lipinski definition) is 1. The summed E-state index contributed by atoms with van der Waals surface area (Å²) >= 11 is 0. The second-order valence-electron chi connectivity index (χ2n) is 6.50. The first-order chi connectivity index (χ1) is 9.53. The highest BCUT2D eigenvalue weighted by Crippen LogP contribution is 2.23. The van der Waals surface area contributed by atoms with Crippen molar-refractivity contribution >= 4 is 0 Å². The molecule has 1 aromatic carbocycles. The highest BCUT2D eigenvalue weighted by atomic mass is 16.5. The lowest BCUT2D eigenvalue weighted by Crippen LogP contribution is -2.18. The normalized spacial score (nSPS) is 12.7. The number of hydrogen-bond donors (Lipinski definition) is 0. The summed E-state index contributed by atoms with van der Waals surface area (Å²) in [6.45, 7) is 10.6. The molecule has 0 spiro atoms. The highest BCUT2D eigenvalue weighted by molar-refractivity contribution is 5.13. The maximum atomic E-state index is 5.87. The molecule has 112 valence electrons. The summed E-state index contributed by atoms with van der Waals surface area (Å²) in [6.07, 6.45) is 7.29. The van der Waals surface area contributed by atoms with Crippen molar-refractivity contribution in [3.8, 4) is 0 Å². The fourth-order valence-corrected chi connectivity index (χ4v) is 2.09. The van der Waals surface area contributed by atoms with E-state index in [4.69, 9.17) is 4.74 Å². The predicted octanol–water partition coefficient (Wildman–Crippen LogP) is 5.76. The van der Waals surface area contributed by atoms with E-state index in [9.17, 15) is 0 Å². The molecule has 0 aliphatic rings. The van der Waals surface area contributed by atoms with Crippen LogP contribution in [0, 0.1) is 5.41 Å². The van der Waals surface area contributed by atoms with Gasteiger partial charge in [-0.05, 0) is 37.2 Å². The van der Waals surface area contributed by atoms with Gasteiger partial charge in [0.15, 0.2) is 0 Å². The van der Waals surface area contributed by atoms with E-state index in [1.807, 2.05) is 6.07 Å². The minimum atomic E-state index is 0.211. The molecule has 1 rings (SSSR count). The lowest BCUT2D eigenvalue weighted by atomic mass is 9.89. The lowest BCUT2D eigenvalue weighted by molar-refractivity contribution is 0.0526. The summed E-state index contributed by atoms with van der Waals surface area (Å²) in [7, 11) is 0. The Morgan fingerprint density at radius 3 is 2.55 bits per heavy atom. The Kier molecular flexibility index (Phi) is 7.61. The Hall–Kier alpha value is -1.08. The molecule has 0 aliphatic carbocycles. The fraction of sp³-hybridized carbons (Fsp3) is 0.579. The van der Waals surface area contributed by atoms with Crippen LogP contribution in [0.25, 0.3) is 0 Å². The van der Waals surface area contributed by atoms with Crippen molar-refractivity contribution in [2.75, 3.05) is 6.61 Å². The van der Waals surface area contributed by atoms with Gasteiger partial charge in [0.1, 0.15) is 0 Å². The number of unbranched alkanes of at least 4 members (excludes halogenated alkanes) is 1. The van der Waals surface area contributed by atoms with E-state index in [1.54, 1.807) is 0 Å². The van der Waals surface area contributed by atoms with E-state index in [1.165, 1.54) is 30.4 Å². The molecule has 0 atom stereocenters. The predicted molar refractivity (Wildman–Crippen MR) is 87.8 cm³/mol. The molecule has 0 heterocycles. The van der Waals surface area contributed by atoms with Gasteiger partial charge in [-0.2, -0.15) is 0 Å². The molecule has 0 N–H and O–H groups in total. The number of ether oxygens (including phenoxy) is 1. The van der Waals surface area contributed by atoms with Gasteiger partial charge in [0.25, 0.3) is 0 Å². The first kappa shape index (κ1) is 17.0. The molecule has 0 fully saturated rings. The van der Waals surface area contributed by atoms with Gasteiger partial charge in [0.05, 0.1) is 13.2 Å². The Morgan fingerprint density at radius 1 is 1.20 bits per heavy atom. The zero-order valence-corrected chi connectivity index (χ0v) is 13.6. The summed E-state index contributed by atoms with van der Waals surface area (Å²) in [5.41, 5.74) is 2.98. The molecule has 1 aromatic rings. The maximum Gasteiger partial charge on any atom is 0.0717 e. The van der Waals surface area contributed by atoms with Gasteiger partial charge in [-0.15, -0.1) is 0 Å². The molecule has 0 saturated heterocycles. The van der Waals surface area contributed by atoms with Crippen molar-refractivity contribution in [2.45, 2.75) is 60.0 Å². The smallest absolute Gasteiger partial charge is 0.0717 e. The van der Waals surface area contributed by atoms with Crippen LogP contribution < -0.4 is 0 Å². The van der Waals surface area contributed by atoms with Crippen LogP contribution in [0.3, 0.4) is 0 Å². The molecule has 0 saturated carbocycles. The molecule has 0 aliphatic heterocycles. The Balaban J connectivity index is 2.30. The van der Waals surface area contributed by atoms with Crippen LogP contribution in [0.2, 0.25) is 0 Å². The van der Waals surface area contributed by atoms with Gasteiger partial charge in [-0.25, -0.2) is 0 Å². The van der Waals surface area contributed by atoms with Crippen LogP contribution in [-0.2, 0) is 11.3 Å². The third-order valence-electron chi connectivity index (χ3n) is 3.53. The summed E-state index contributed by atoms with van der Waals surface area (Å²) < 4.78 is 5.87. The zero-order chi connectivity index (χ0) is 14.8. The third kappa shape index (κ3) is 7.49. The van der Waals surface area contributed by atoms with E-state index < -0.39 is 0 Å². The van der Waals surface area contributed by atoms with Crippen LogP contribution in [0.15, 0.2) is 42.0 Å². The van der Waals surface area contributed by atoms with Crippen LogP contribution in [0.4, 0.5) is 0 Å². The van der Waals surface area contributed by atoms with Crippen LogP contribution >= 0.6 is 0 Å². The van der Waals surface area contributed by atoms with Crippen molar-refractivity contribution in [2.24, 2.45) is 5.41 Å². The first-order valence-electron chi connectivity index (χ1n) is 7.81. The summed E-state index contributed by atoms with van der Waals surface area (Å²) in [4.78, 5) is 0. The summed E-state index contributed by atoms with van der Waals surface area (Å²) in [5.74, 6) is 0. The molecule has 20 heavy (non-hydrogen) atoms. The molecular formula is C19H30O. The Labute approximate surface area is 125 Å². The molecule has 1 heteroatoms. The quantitative estimate of drug-likeness (QED) is 0.520. The molecule has 0 radical (unpaired) electrons. The highest BCUT2D eigenvalue weighted by Gasteiger charge is 2.16. The molecule has 0 amide bonds. The van der Waals surface area contributed by atoms with Crippen LogP contribution in [-0.4, -0.2) is 6.61 Å². The van der Waals surface area contributed by atoms with Gasteiger partial charge < -0.3 is 4.74 Å². The second kappa shape index (κ2) is 8.97. The van der Waals surface area contributed by atoms with Gasteiger partial charge >= 0.3 is 0 Å². The molecule has 0 bridgehead atoms. The Morgan fingerprint density at radius 2 is 1.90 bits per heavy atom. The van der Waals surface area contributed by atoms with Crippen LogP contribution in [0.1, 0.15) is 58.9 Å². The minimum absolute atomic E-state index is 0.211. The summed E-state index contributed by atoms with van der Waals surface area (Å²) in [5, 5.41) is 0. The SMILES string of the molecule is CCCC/C(C)=C/CC(C)(C)COCc1ccccc1. The van der Waals surface area contributed by atoms with Crippen molar-refractivity contribution in [3.63, 3.8) is 0 Å². The van der Waals surface area contributed by atoms with Crippen molar-refractivity contribution < 1.29 is 4.74 Å². The molecule has 0 unspecified atom stereocenters. The lowest BCUT2D eigenvalue weighted by Gasteiger charge is -2.23. The van der Waals surface area contributed by atoms with Gasteiger partial charge in [-0.3, -0.25) is 0 Å². The number of rotatable bonds is 9. The topological polar surface area (TPSA) is 9.23 Å². The largest absolute Gasteiger partial charge is 0.376 e. The van der Waals surface area contributed by atoms with Gasteiger partial charge in [0.2, 0.25) is 0 Å². The standard InChI is InChI=1S/C19H30O/c1-5-6-10-17(2)13-14-19(3,4)16-20-15-18-11-8-7-9-12-18/h7-9,11-13H,5-6,10,14-16H2,1-4H3/b17-13+. The molecular weight excluding hydrogens is 244 g/mol. The van der Waals surface area contributed by atoms with E-state index in [0.717, 1.165) is 13.0 Å².